The van der Waals surface area contributed by atoms with Crippen LogP contribution in [-0.2, 0) is 15.9 Å². The van der Waals surface area contributed by atoms with Gasteiger partial charge in [0, 0.05) is 55.9 Å². The van der Waals surface area contributed by atoms with Gasteiger partial charge in [-0.15, -0.1) is 24.0 Å². The summed E-state index contributed by atoms with van der Waals surface area (Å²) in [5.41, 5.74) is 2.52. The largest absolute Gasteiger partial charge is 0.381 e. The molecule has 1 aliphatic heterocycles. The van der Waals surface area contributed by atoms with Gasteiger partial charge in [-0.25, -0.2) is 0 Å². The molecule has 1 aliphatic rings. The number of guanidine groups is 1. The fraction of sp³-hybridized carbons (Fsp3) is 0.571. The molecular formula is C21H33IN4O2. The van der Waals surface area contributed by atoms with Gasteiger partial charge in [-0.1, -0.05) is 18.2 Å². The Labute approximate surface area is 184 Å². The molecule has 1 atom stereocenters. The zero-order chi connectivity index (χ0) is 18.7. The molecule has 7 heteroatoms. The number of hydrogen-bond acceptors (Lipinski definition) is 3. The molecule has 1 fully saturated rings. The second-order valence-electron chi connectivity index (χ2n) is 6.96. The summed E-state index contributed by atoms with van der Waals surface area (Å²) >= 11 is 0. The molecule has 3 rings (SSSR count). The number of fused-ring (bicyclic) bond motifs is 1. The Bertz CT molecular complexity index is 713. The van der Waals surface area contributed by atoms with Crippen LogP contribution in [0.3, 0.4) is 0 Å². The van der Waals surface area contributed by atoms with Gasteiger partial charge in [-0.3, -0.25) is 4.99 Å². The Balaban J connectivity index is 0.00000280. The van der Waals surface area contributed by atoms with E-state index >= 15 is 0 Å². The second-order valence-corrected chi connectivity index (χ2v) is 6.96. The third-order valence-corrected chi connectivity index (χ3v) is 4.80. The zero-order valence-corrected chi connectivity index (χ0v) is 19.0. The van der Waals surface area contributed by atoms with Crippen LogP contribution in [0.5, 0.6) is 0 Å². The molecule has 1 aromatic heterocycles. The van der Waals surface area contributed by atoms with Crippen molar-refractivity contribution in [1.29, 1.82) is 0 Å². The van der Waals surface area contributed by atoms with Crippen LogP contribution in [0.15, 0.2) is 35.5 Å². The highest BCUT2D eigenvalue weighted by Gasteiger charge is 2.15. The minimum absolute atomic E-state index is 0. The minimum atomic E-state index is 0. The van der Waals surface area contributed by atoms with Crippen LogP contribution in [0, 0.1) is 5.92 Å². The monoisotopic (exact) mass is 500 g/mol. The highest BCUT2D eigenvalue weighted by Crippen LogP contribution is 2.17. The van der Waals surface area contributed by atoms with Gasteiger partial charge in [0.05, 0.1) is 13.2 Å². The van der Waals surface area contributed by atoms with Crippen LogP contribution >= 0.6 is 24.0 Å². The standard InChI is InChI=1S/C21H32N4O2.HI/c1-2-22-21(23-10-5-12-26-15-17-9-13-27-16-17)24-11-8-18-14-25-20-7-4-3-6-19(18)20;/h3-4,6-7,14,17,25H,2,5,8-13,15-16H2,1H3,(H2,22,23,24);1H. The van der Waals surface area contributed by atoms with Crippen LogP contribution in [-0.4, -0.2) is 57.0 Å². The third kappa shape index (κ3) is 7.25. The first-order valence-electron chi connectivity index (χ1n) is 10.1. The Kier molecular flexibility index (Phi) is 10.7. The lowest BCUT2D eigenvalue weighted by Gasteiger charge is -2.11. The predicted molar refractivity (Wildman–Crippen MR) is 126 cm³/mol. The minimum Gasteiger partial charge on any atom is -0.381 e. The topological polar surface area (TPSA) is 70.7 Å². The van der Waals surface area contributed by atoms with Gasteiger partial charge in [0.25, 0.3) is 0 Å². The van der Waals surface area contributed by atoms with Crippen molar-refractivity contribution >= 4 is 40.8 Å². The van der Waals surface area contributed by atoms with E-state index in [2.05, 4.69) is 58.0 Å². The first-order chi connectivity index (χ1) is 13.4. The van der Waals surface area contributed by atoms with E-state index in [1.54, 1.807) is 0 Å². The van der Waals surface area contributed by atoms with Crippen molar-refractivity contribution in [2.75, 3.05) is 46.1 Å². The molecule has 0 bridgehead atoms. The maximum atomic E-state index is 5.74. The fourth-order valence-corrected chi connectivity index (χ4v) is 3.32. The second kappa shape index (κ2) is 13.0. The van der Waals surface area contributed by atoms with E-state index in [1.807, 2.05) is 0 Å². The van der Waals surface area contributed by atoms with Gasteiger partial charge >= 0.3 is 0 Å². The average molecular weight is 500 g/mol. The van der Waals surface area contributed by atoms with Crippen molar-refractivity contribution in [2.24, 2.45) is 10.9 Å². The molecule has 2 aromatic rings. The van der Waals surface area contributed by atoms with Gasteiger partial charge in [-0.05, 0) is 37.8 Å². The van der Waals surface area contributed by atoms with Crippen LogP contribution in [0.2, 0.25) is 0 Å². The van der Waals surface area contributed by atoms with Gasteiger partial charge in [0.15, 0.2) is 5.96 Å². The number of benzene rings is 1. The van der Waals surface area contributed by atoms with E-state index < -0.39 is 0 Å². The van der Waals surface area contributed by atoms with Crippen molar-refractivity contribution in [3.05, 3.63) is 36.0 Å². The summed E-state index contributed by atoms with van der Waals surface area (Å²) in [4.78, 5) is 7.98. The molecule has 0 radical (unpaired) electrons. The number of hydrogen-bond donors (Lipinski definition) is 3. The summed E-state index contributed by atoms with van der Waals surface area (Å²) in [7, 11) is 0. The third-order valence-electron chi connectivity index (χ3n) is 4.80. The van der Waals surface area contributed by atoms with E-state index in [9.17, 15) is 0 Å². The Morgan fingerprint density at radius 1 is 1.32 bits per heavy atom. The van der Waals surface area contributed by atoms with Gasteiger partial charge in [0.2, 0.25) is 0 Å². The zero-order valence-electron chi connectivity index (χ0n) is 16.7. The Morgan fingerprint density at radius 2 is 2.21 bits per heavy atom. The molecule has 0 aliphatic carbocycles. The number of aliphatic imine (C=N–C) groups is 1. The molecule has 28 heavy (non-hydrogen) atoms. The van der Waals surface area contributed by atoms with E-state index in [0.29, 0.717) is 5.92 Å². The molecule has 3 N–H and O–H groups in total. The number of aromatic nitrogens is 1. The average Bonchev–Trinajstić information content (AvgIpc) is 3.34. The number of H-pyrrole nitrogens is 1. The van der Waals surface area contributed by atoms with E-state index in [0.717, 1.165) is 71.3 Å². The summed E-state index contributed by atoms with van der Waals surface area (Å²) in [6.07, 6.45) is 5.12. The van der Waals surface area contributed by atoms with Crippen molar-refractivity contribution in [1.82, 2.24) is 15.6 Å². The van der Waals surface area contributed by atoms with Crippen LogP contribution < -0.4 is 10.6 Å². The molecule has 0 spiro atoms. The van der Waals surface area contributed by atoms with Gasteiger partial charge in [0.1, 0.15) is 0 Å². The van der Waals surface area contributed by atoms with E-state index in [1.165, 1.54) is 16.5 Å². The lowest BCUT2D eigenvalue weighted by atomic mass is 10.1. The number of rotatable bonds is 10. The van der Waals surface area contributed by atoms with E-state index in [4.69, 9.17) is 9.47 Å². The molecule has 1 unspecified atom stereocenters. The number of para-hydroxylation sites is 1. The van der Waals surface area contributed by atoms with Crippen molar-refractivity contribution in [3.8, 4) is 0 Å². The van der Waals surface area contributed by atoms with Crippen molar-refractivity contribution in [3.63, 3.8) is 0 Å². The SMILES string of the molecule is CCNC(=NCCCOCC1CCOC1)NCCc1c[nH]c2ccccc12.I. The van der Waals surface area contributed by atoms with Crippen LogP contribution in [0.4, 0.5) is 0 Å². The quantitative estimate of drug-likeness (QED) is 0.203. The molecule has 6 nitrogen and oxygen atoms in total. The Morgan fingerprint density at radius 3 is 3.04 bits per heavy atom. The highest BCUT2D eigenvalue weighted by atomic mass is 127. The number of nitrogens with one attached hydrogen (secondary N) is 3. The maximum absolute atomic E-state index is 5.74. The van der Waals surface area contributed by atoms with E-state index in [-0.39, 0.29) is 24.0 Å². The lowest BCUT2D eigenvalue weighted by molar-refractivity contribution is 0.0893. The first kappa shape index (κ1) is 23.0. The lowest BCUT2D eigenvalue weighted by Crippen LogP contribution is -2.38. The molecule has 2 heterocycles. The number of nitrogens with zero attached hydrogens (tertiary/aromatic N) is 1. The molecule has 0 saturated carbocycles. The fourth-order valence-electron chi connectivity index (χ4n) is 3.32. The summed E-state index contributed by atoms with van der Waals surface area (Å²) in [6, 6.07) is 8.42. The predicted octanol–water partition coefficient (Wildman–Crippen LogP) is 3.33. The highest BCUT2D eigenvalue weighted by molar-refractivity contribution is 14.0. The smallest absolute Gasteiger partial charge is 0.191 e. The maximum Gasteiger partial charge on any atom is 0.191 e. The molecule has 1 saturated heterocycles. The molecular weight excluding hydrogens is 467 g/mol. The summed E-state index contributed by atoms with van der Waals surface area (Å²) in [5, 5.41) is 8.03. The summed E-state index contributed by atoms with van der Waals surface area (Å²) < 4.78 is 11.1. The number of aromatic amines is 1. The Hall–Kier alpha value is -1.32. The van der Waals surface area contributed by atoms with Gasteiger partial charge in [-0.2, -0.15) is 0 Å². The van der Waals surface area contributed by atoms with Gasteiger partial charge < -0.3 is 25.1 Å². The molecule has 156 valence electrons. The van der Waals surface area contributed by atoms with Crippen LogP contribution in [0.1, 0.15) is 25.3 Å². The summed E-state index contributed by atoms with van der Waals surface area (Å²) in [5.74, 6) is 1.46. The first-order valence-corrected chi connectivity index (χ1v) is 10.1. The van der Waals surface area contributed by atoms with Crippen molar-refractivity contribution in [2.45, 2.75) is 26.2 Å². The van der Waals surface area contributed by atoms with Crippen LogP contribution in [0.25, 0.3) is 10.9 Å². The number of ether oxygens (including phenoxy) is 2. The normalized spacial score (nSPS) is 16.9. The summed E-state index contributed by atoms with van der Waals surface area (Å²) in [6.45, 7) is 7.87. The number of halogens is 1. The molecule has 0 amide bonds. The van der Waals surface area contributed by atoms with Crippen molar-refractivity contribution < 1.29 is 9.47 Å². The molecule has 1 aromatic carbocycles.